The van der Waals surface area contributed by atoms with E-state index in [1.807, 2.05) is 36.9 Å². The number of pyridine rings is 2. The molecular weight excluding hydrogens is 625 g/mol. The number of ether oxygens (including phenoxy) is 1. The average molecular weight is 651 g/mol. The molecule has 0 saturated carbocycles. The quantitative estimate of drug-likeness (QED) is 0.391. The molecule has 0 amide bonds. The molecule has 2 aliphatic heterocycles. The number of hydrogen-bond donors (Lipinski definition) is 3. The van der Waals surface area contributed by atoms with Gasteiger partial charge in [-0.2, -0.15) is 39.5 Å². The van der Waals surface area contributed by atoms with E-state index < -0.39 is 36.4 Å². The molecule has 2 aromatic rings. The van der Waals surface area contributed by atoms with Crippen molar-refractivity contribution in [1.29, 1.82) is 0 Å². The van der Waals surface area contributed by atoms with Gasteiger partial charge < -0.3 is 20.1 Å². The fraction of sp³-hybridized carbons (Fsp3) is 0.480. The van der Waals surface area contributed by atoms with Gasteiger partial charge >= 0.3 is 36.4 Å². The molecule has 4 heterocycles. The van der Waals surface area contributed by atoms with Gasteiger partial charge in [0.15, 0.2) is 0 Å². The molecule has 2 saturated heterocycles. The van der Waals surface area contributed by atoms with Crippen LogP contribution in [0, 0.1) is 0 Å². The van der Waals surface area contributed by atoms with Crippen LogP contribution in [0.25, 0.3) is 0 Å². The number of rotatable bonds is 3. The summed E-state index contributed by atoms with van der Waals surface area (Å²) in [5.41, 5.74) is 2.71. The molecule has 0 bridgehead atoms. The van der Waals surface area contributed by atoms with Gasteiger partial charge in [0, 0.05) is 50.3 Å². The second-order valence-electron chi connectivity index (χ2n) is 9.23. The van der Waals surface area contributed by atoms with Crippen molar-refractivity contribution in [3.8, 4) is 0 Å². The highest BCUT2D eigenvalue weighted by Crippen LogP contribution is 2.42. The molecule has 1 atom stereocenters. The second kappa shape index (κ2) is 16.2. The molecule has 19 heteroatoms. The van der Waals surface area contributed by atoms with Crippen LogP contribution in [-0.4, -0.2) is 91.9 Å². The number of hydrogen-bond acceptors (Lipinski definition) is 7. The molecule has 2 fully saturated rings. The maximum Gasteiger partial charge on any atom is 0.490 e. The van der Waals surface area contributed by atoms with E-state index >= 15 is 0 Å². The Kier molecular flexibility index (Phi) is 14.0. The van der Waals surface area contributed by atoms with Gasteiger partial charge in [0.2, 0.25) is 0 Å². The highest BCUT2D eigenvalue weighted by molar-refractivity contribution is 5.73. The summed E-state index contributed by atoms with van der Waals surface area (Å²) in [6.07, 6.45) is -4.22. The minimum absolute atomic E-state index is 0.0892. The molecule has 0 aliphatic carbocycles. The Morgan fingerprint density at radius 2 is 1.23 bits per heavy atom. The van der Waals surface area contributed by atoms with Gasteiger partial charge in [-0.3, -0.25) is 14.9 Å². The average Bonchev–Trinajstić information content (AvgIpc) is 3.34. The van der Waals surface area contributed by atoms with Crippen LogP contribution in [0.15, 0.2) is 49.1 Å². The molecule has 10 nitrogen and oxygen atoms in total. The van der Waals surface area contributed by atoms with E-state index in [0.717, 1.165) is 45.5 Å². The van der Waals surface area contributed by atoms with Crippen molar-refractivity contribution in [3.63, 3.8) is 0 Å². The van der Waals surface area contributed by atoms with Gasteiger partial charge in [-0.25, -0.2) is 14.4 Å². The largest absolute Gasteiger partial charge is 0.490 e. The molecule has 44 heavy (non-hydrogen) atoms. The number of carboxylic acids is 3. The summed E-state index contributed by atoms with van der Waals surface area (Å²) in [4.78, 5) is 37.7. The summed E-state index contributed by atoms with van der Waals surface area (Å²) in [6.45, 7) is 4.05. The molecule has 2 aromatic heterocycles. The van der Waals surface area contributed by atoms with Crippen LogP contribution >= 0.6 is 0 Å². The van der Waals surface area contributed by atoms with E-state index in [2.05, 4.69) is 27.0 Å². The summed E-state index contributed by atoms with van der Waals surface area (Å²) >= 11 is 0. The van der Waals surface area contributed by atoms with Crippen molar-refractivity contribution in [2.75, 3.05) is 19.7 Å². The zero-order valence-electron chi connectivity index (χ0n) is 22.4. The van der Waals surface area contributed by atoms with Gasteiger partial charge in [-0.1, -0.05) is 12.1 Å². The van der Waals surface area contributed by atoms with Crippen molar-refractivity contribution in [2.24, 2.45) is 0 Å². The Labute approximate surface area is 243 Å². The van der Waals surface area contributed by atoms with E-state index in [1.165, 1.54) is 11.1 Å². The predicted octanol–water partition coefficient (Wildman–Crippen LogP) is 4.92. The Bertz CT molecular complexity index is 1130. The van der Waals surface area contributed by atoms with Crippen molar-refractivity contribution < 1.29 is 74.0 Å². The van der Waals surface area contributed by atoms with Crippen molar-refractivity contribution in [1.82, 2.24) is 14.9 Å². The number of carbonyl (C=O) groups is 3. The third-order valence-corrected chi connectivity index (χ3v) is 5.99. The number of piperidine rings is 1. The van der Waals surface area contributed by atoms with Crippen LogP contribution in [0.2, 0.25) is 0 Å². The molecule has 2 aliphatic rings. The van der Waals surface area contributed by atoms with Crippen LogP contribution in [-0.2, 0) is 25.7 Å². The lowest BCUT2D eigenvalue weighted by atomic mass is 9.83. The van der Waals surface area contributed by atoms with Gasteiger partial charge in [-0.15, -0.1) is 0 Å². The molecule has 4 rings (SSSR count). The number of halogens is 9. The minimum atomic E-state index is -5.08. The Hall–Kier alpha value is -4.00. The third kappa shape index (κ3) is 14.0. The number of alkyl halides is 9. The minimum Gasteiger partial charge on any atom is -0.475 e. The Balaban J connectivity index is 0.000000379. The summed E-state index contributed by atoms with van der Waals surface area (Å²) in [6, 6.07) is 8.37. The number of carboxylic acid groups (broad SMARTS) is 3. The zero-order chi connectivity index (χ0) is 33.8. The van der Waals surface area contributed by atoms with Crippen LogP contribution in [0.5, 0.6) is 0 Å². The second-order valence-corrected chi connectivity index (χ2v) is 9.23. The molecule has 3 N–H and O–H groups in total. The highest BCUT2D eigenvalue weighted by Gasteiger charge is 2.43. The summed E-state index contributed by atoms with van der Waals surface area (Å²) in [5, 5.41) is 21.4. The van der Waals surface area contributed by atoms with E-state index in [4.69, 9.17) is 34.4 Å². The van der Waals surface area contributed by atoms with E-state index in [9.17, 15) is 39.5 Å². The maximum atomic E-state index is 10.6. The van der Waals surface area contributed by atoms with Crippen LogP contribution in [0.3, 0.4) is 0 Å². The molecule has 246 valence electrons. The van der Waals surface area contributed by atoms with Crippen LogP contribution in [0.1, 0.15) is 36.3 Å². The maximum absolute atomic E-state index is 10.6. The molecular formula is C25H26F9N3O7. The van der Waals surface area contributed by atoms with Crippen molar-refractivity contribution in [2.45, 2.75) is 55.9 Å². The summed E-state index contributed by atoms with van der Waals surface area (Å²) < 4.78 is 101. The number of aliphatic carboxylic acids is 3. The first-order valence-electron chi connectivity index (χ1n) is 12.2. The van der Waals surface area contributed by atoms with E-state index in [0.29, 0.717) is 5.92 Å². The highest BCUT2D eigenvalue weighted by atomic mass is 19.4. The third-order valence-electron chi connectivity index (χ3n) is 5.99. The normalized spacial score (nSPS) is 18.0. The lowest BCUT2D eigenvalue weighted by Gasteiger charge is -2.38. The first-order valence-corrected chi connectivity index (χ1v) is 12.2. The Morgan fingerprint density at radius 3 is 1.59 bits per heavy atom. The number of likely N-dealkylation sites (tertiary alicyclic amines) is 1. The van der Waals surface area contributed by atoms with Crippen LogP contribution in [0.4, 0.5) is 39.5 Å². The first kappa shape index (κ1) is 38.0. The molecule has 1 unspecified atom stereocenters. The smallest absolute Gasteiger partial charge is 0.475 e. The lowest BCUT2D eigenvalue weighted by molar-refractivity contribution is -0.193. The monoisotopic (exact) mass is 651 g/mol. The number of aromatic nitrogens is 2. The fourth-order valence-corrected chi connectivity index (χ4v) is 3.89. The standard InChI is InChI=1S/C19H23N3O.3C2HF3O2/c1-3-16(12-20-7-1)14-22-9-5-19(6-10-22)11-18(15-23-19)17-4-2-8-21-13-17;3*3-2(4,5)1(6)7/h1-4,7-8,12-13,18H,5-6,9-11,14-15H2;3*(H,6,7). The van der Waals surface area contributed by atoms with E-state index in [1.54, 1.807) is 0 Å². The fourth-order valence-electron chi connectivity index (χ4n) is 3.89. The summed E-state index contributed by atoms with van der Waals surface area (Å²) in [7, 11) is 0. The molecule has 0 aromatic carbocycles. The molecule has 1 spiro atoms. The summed E-state index contributed by atoms with van der Waals surface area (Å²) in [5.74, 6) is -7.76. The van der Waals surface area contributed by atoms with Gasteiger partial charge in [-0.05, 0) is 42.5 Å². The lowest BCUT2D eigenvalue weighted by Crippen LogP contribution is -2.43. The van der Waals surface area contributed by atoms with Gasteiger partial charge in [0.05, 0.1) is 12.2 Å². The van der Waals surface area contributed by atoms with Crippen molar-refractivity contribution >= 4 is 17.9 Å². The molecule has 0 radical (unpaired) electrons. The first-order chi connectivity index (χ1) is 20.2. The Morgan fingerprint density at radius 1 is 0.795 bits per heavy atom. The van der Waals surface area contributed by atoms with Crippen molar-refractivity contribution in [3.05, 3.63) is 60.2 Å². The SMILES string of the molecule is O=C(O)C(F)(F)F.O=C(O)C(F)(F)F.O=C(O)C(F)(F)F.c1cncc(CN2CCC3(CC2)CC(c2cccnc2)CO3)c1. The zero-order valence-corrected chi connectivity index (χ0v) is 22.4. The van der Waals surface area contributed by atoms with Gasteiger partial charge in [0.1, 0.15) is 0 Å². The van der Waals surface area contributed by atoms with Gasteiger partial charge in [0.25, 0.3) is 0 Å². The number of nitrogens with zero attached hydrogens (tertiary/aromatic N) is 3. The van der Waals surface area contributed by atoms with Crippen LogP contribution < -0.4 is 0 Å². The predicted molar refractivity (Wildman–Crippen MR) is 130 cm³/mol. The topological polar surface area (TPSA) is 150 Å². The van der Waals surface area contributed by atoms with E-state index in [-0.39, 0.29) is 5.60 Å².